The Bertz CT molecular complexity index is 922. The van der Waals surface area contributed by atoms with Gasteiger partial charge in [-0.15, -0.1) is 0 Å². The number of aromatic nitrogens is 1. The van der Waals surface area contributed by atoms with Crippen LogP contribution in [0.2, 0.25) is 5.02 Å². The topological polar surface area (TPSA) is 42.4 Å². The van der Waals surface area contributed by atoms with E-state index in [2.05, 4.69) is 4.98 Å². The van der Waals surface area contributed by atoms with Crippen LogP contribution in [0.1, 0.15) is 15.9 Å². The zero-order chi connectivity index (χ0) is 16.0. The van der Waals surface area contributed by atoms with Crippen molar-refractivity contribution >= 4 is 34.1 Å². The second kappa shape index (κ2) is 5.25. The molecule has 0 atom stereocenters. The molecular weight excluding hydrogens is 312 g/mol. The van der Waals surface area contributed by atoms with Gasteiger partial charge in [0.15, 0.2) is 0 Å². The van der Waals surface area contributed by atoms with Gasteiger partial charge in [-0.25, -0.2) is 4.98 Å². The predicted molar refractivity (Wildman–Crippen MR) is 90.3 cm³/mol. The number of methoxy groups -OCH3 is 1. The number of halogens is 1. The van der Waals surface area contributed by atoms with E-state index in [-0.39, 0.29) is 5.91 Å². The van der Waals surface area contributed by atoms with Crippen molar-refractivity contribution in [2.75, 3.05) is 12.0 Å². The summed E-state index contributed by atoms with van der Waals surface area (Å²) in [5, 5.41) is 2.25. The first kappa shape index (κ1) is 14.0. The number of carbonyl (C=O) groups is 1. The van der Waals surface area contributed by atoms with Crippen molar-refractivity contribution in [2.45, 2.75) is 6.54 Å². The van der Waals surface area contributed by atoms with Gasteiger partial charge in [0.2, 0.25) is 0 Å². The summed E-state index contributed by atoms with van der Waals surface area (Å²) >= 11 is 6.21. The number of hydrogen-bond donors (Lipinski definition) is 0. The molecule has 2 heterocycles. The van der Waals surface area contributed by atoms with E-state index in [0.29, 0.717) is 22.9 Å². The van der Waals surface area contributed by atoms with E-state index in [1.165, 1.54) is 0 Å². The van der Waals surface area contributed by atoms with Crippen molar-refractivity contribution in [3.05, 3.63) is 64.8 Å². The molecule has 0 spiro atoms. The van der Waals surface area contributed by atoms with Crippen LogP contribution in [0.4, 0.5) is 5.82 Å². The maximum Gasteiger partial charge on any atom is 0.260 e. The number of anilines is 1. The molecule has 4 rings (SSSR count). The molecule has 0 bridgehead atoms. The minimum absolute atomic E-state index is 0.0452. The molecule has 1 aliphatic heterocycles. The molecule has 0 unspecified atom stereocenters. The molecule has 4 nitrogen and oxygen atoms in total. The Kier molecular flexibility index (Phi) is 3.20. The van der Waals surface area contributed by atoms with Crippen LogP contribution in [-0.2, 0) is 6.54 Å². The third-order valence-corrected chi connectivity index (χ3v) is 4.38. The molecule has 5 heteroatoms. The number of nitrogens with zero attached hydrogens (tertiary/aromatic N) is 2. The van der Waals surface area contributed by atoms with Gasteiger partial charge in [0.25, 0.3) is 5.91 Å². The molecule has 3 aromatic rings. The maximum atomic E-state index is 12.7. The lowest BCUT2D eigenvalue weighted by molar-refractivity contribution is 0.0991. The smallest absolute Gasteiger partial charge is 0.260 e. The first-order valence-electron chi connectivity index (χ1n) is 7.21. The predicted octanol–water partition coefficient (Wildman–Crippen LogP) is 4.06. The van der Waals surface area contributed by atoms with Crippen LogP contribution in [0.5, 0.6) is 5.75 Å². The molecule has 0 fully saturated rings. The van der Waals surface area contributed by atoms with Gasteiger partial charge in [0.1, 0.15) is 11.6 Å². The number of pyridine rings is 1. The molecule has 23 heavy (non-hydrogen) atoms. The van der Waals surface area contributed by atoms with Crippen molar-refractivity contribution in [1.82, 2.24) is 4.98 Å². The fraction of sp³-hybridized carbons (Fsp3) is 0.111. The van der Waals surface area contributed by atoms with E-state index in [1.54, 1.807) is 18.2 Å². The molecule has 0 aliphatic carbocycles. The summed E-state index contributed by atoms with van der Waals surface area (Å²) in [6.45, 7) is 0.460. The summed E-state index contributed by atoms with van der Waals surface area (Å²) in [5.41, 5.74) is 1.66. The molecule has 0 radical (unpaired) electrons. The third kappa shape index (κ3) is 2.14. The lowest BCUT2D eigenvalue weighted by atomic mass is 10.1. The highest BCUT2D eigenvalue weighted by Gasteiger charge is 2.31. The molecule has 2 aromatic carbocycles. The van der Waals surface area contributed by atoms with Crippen LogP contribution in [-0.4, -0.2) is 18.0 Å². The Morgan fingerprint density at radius 2 is 1.96 bits per heavy atom. The SMILES string of the molecule is COc1ccc(CN2C(=O)c3cccc4c(Cl)cnc2c34)cc1. The number of ether oxygens (including phenoxy) is 1. The quantitative estimate of drug-likeness (QED) is 0.729. The standard InChI is InChI=1S/C18H13ClN2O2/c1-23-12-7-5-11(6-8-12)10-21-17-16-13(15(19)9-20-17)3-2-4-14(16)18(21)22/h2-9H,10H2,1H3. The van der Waals surface area contributed by atoms with Crippen LogP contribution in [0.25, 0.3) is 10.8 Å². The van der Waals surface area contributed by atoms with Crippen LogP contribution in [0.15, 0.2) is 48.7 Å². The van der Waals surface area contributed by atoms with Gasteiger partial charge in [-0.3, -0.25) is 9.69 Å². The second-order valence-corrected chi connectivity index (χ2v) is 5.80. The largest absolute Gasteiger partial charge is 0.497 e. The molecule has 0 N–H and O–H groups in total. The minimum Gasteiger partial charge on any atom is -0.497 e. The Balaban J connectivity index is 1.77. The average Bonchev–Trinajstić information content (AvgIpc) is 2.86. The summed E-state index contributed by atoms with van der Waals surface area (Å²) < 4.78 is 5.16. The van der Waals surface area contributed by atoms with Gasteiger partial charge in [0.05, 0.1) is 24.2 Å². The Morgan fingerprint density at radius 1 is 1.17 bits per heavy atom. The van der Waals surface area contributed by atoms with E-state index >= 15 is 0 Å². The Morgan fingerprint density at radius 3 is 2.70 bits per heavy atom. The summed E-state index contributed by atoms with van der Waals surface area (Å²) in [6.07, 6.45) is 1.60. The van der Waals surface area contributed by atoms with Crippen LogP contribution in [0.3, 0.4) is 0 Å². The normalized spacial score (nSPS) is 13.0. The molecule has 0 saturated carbocycles. The van der Waals surface area contributed by atoms with Gasteiger partial charge < -0.3 is 4.74 Å². The van der Waals surface area contributed by atoms with Crippen LogP contribution >= 0.6 is 11.6 Å². The summed E-state index contributed by atoms with van der Waals surface area (Å²) in [5.74, 6) is 1.41. The van der Waals surface area contributed by atoms with E-state index in [9.17, 15) is 4.79 Å². The van der Waals surface area contributed by atoms with E-state index in [0.717, 1.165) is 22.1 Å². The highest BCUT2D eigenvalue weighted by atomic mass is 35.5. The third-order valence-electron chi connectivity index (χ3n) is 4.08. The van der Waals surface area contributed by atoms with Crippen molar-refractivity contribution < 1.29 is 9.53 Å². The molecule has 1 amide bonds. The van der Waals surface area contributed by atoms with Gasteiger partial charge in [-0.05, 0) is 23.8 Å². The van der Waals surface area contributed by atoms with Gasteiger partial charge in [-0.2, -0.15) is 0 Å². The van der Waals surface area contributed by atoms with Crippen molar-refractivity contribution in [1.29, 1.82) is 0 Å². The zero-order valence-corrected chi connectivity index (χ0v) is 13.2. The molecule has 114 valence electrons. The number of carbonyl (C=O) groups excluding carboxylic acids is 1. The molecule has 1 aromatic heterocycles. The maximum absolute atomic E-state index is 12.7. The minimum atomic E-state index is -0.0452. The number of benzene rings is 2. The number of rotatable bonds is 3. The lowest BCUT2D eigenvalue weighted by Gasteiger charge is -2.17. The lowest BCUT2D eigenvalue weighted by Crippen LogP contribution is -2.26. The molecule has 0 saturated heterocycles. The summed E-state index contributed by atoms with van der Waals surface area (Å²) in [4.78, 5) is 18.8. The van der Waals surface area contributed by atoms with Crippen molar-refractivity contribution in [3.63, 3.8) is 0 Å². The van der Waals surface area contributed by atoms with E-state index < -0.39 is 0 Å². The van der Waals surface area contributed by atoms with Gasteiger partial charge >= 0.3 is 0 Å². The first-order chi connectivity index (χ1) is 11.2. The summed E-state index contributed by atoms with van der Waals surface area (Å²) in [7, 11) is 1.63. The zero-order valence-electron chi connectivity index (χ0n) is 12.4. The Labute approximate surface area is 138 Å². The van der Waals surface area contributed by atoms with Gasteiger partial charge in [-0.1, -0.05) is 35.9 Å². The number of hydrogen-bond acceptors (Lipinski definition) is 3. The number of amides is 1. The average molecular weight is 325 g/mol. The highest BCUT2D eigenvalue weighted by molar-refractivity contribution is 6.37. The first-order valence-corrected chi connectivity index (χ1v) is 7.59. The van der Waals surface area contributed by atoms with Crippen molar-refractivity contribution in [3.8, 4) is 5.75 Å². The van der Waals surface area contributed by atoms with Crippen LogP contribution < -0.4 is 9.64 Å². The van der Waals surface area contributed by atoms with Gasteiger partial charge in [0, 0.05) is 17.0 Å². The van der Waals surface area contributed by atoms with Crippen molar-refractivity contribution in [2.24, 2.45) is 0 Å². The van der Waals surface area contributed by atoms with E-state index in [4.69, 9.17) is 16.3 Å². The Hall–Kier alpha value is -2.59. The molecular formula is C18H13ClN2O2. The summed E-state index contributed by atoms with van der Waals surface area (Å²) in [6, 6.07) is 13.2. The van der Waals surface area contributed by atoms with Crippen LogP contribution in [0, 0.1) is 0 Å². The fourth-order valence-corrected chi connectivity index (χ4v) is 3.14. The highest BCUT2D eigenvalue weighted by Crippen LogP contribution is 2.39. The fourth-order valence-electron chi connectivity index (χ4n) is 2.93. The van der Waals surface area contributed by atoms with E-state index in [1.807, 2.05) is 42.5 Å². The second-order valence-electron chi connectivity index (χ2n) is 5.40. The molecule has 1 aliphatic rings. The monoisotopic (exact) mass is 324 g/mol.